The van der Waals surface area contributed by atoms with Crippen molar-refractivity contribution >= 4 is 39.7 Å². The van der Waals surface area contributed by atoms with E-state index in [4.69, 9.17) is 4.74 Å². The number of ether oxygens (including phenoxy) is 1. The van der Waals surface area contributed by atoms with Crippen molar-refractivity contribution in [2.45, 2.75) is 17.8 Å². The van der Waals surface area contributed by atoms with Crippen molar-refractivity contribution in [1.82, 2.24) is 19.9 Å². The first-order valence-corrected chi connectivity index (χ1v) is 9.61. The van der Waals surface area contributed by atoms with Crippen molar-refractivity contribution in [3.05, 3.63) is 69.5 Å². The highest BCUT2D eigenvalue weighted by molar-refractivity contribution is 7.98. The molecule has 146 valence electrons. The number of hydrogen-bond acceptors (Lipinski definition) is 7. The second-order valence-electron chi connectivity index (χ2n) is 6.30. The zero-order valence-electron chi connectivity index (χ0n) is 15.5. The van der Waals surface area contributed by atoms with Gasteiger partial charge in [0.25, 0.3) is 5.56 Å². The van der Waals surface area contributed by atoms with Crippen LogP contribution in [0.5, 0.6) is 0 Å². The second kappa shape index (κ2) is 7.59. The standard InChI is InChI=1S/C20H15FN4O3S/c1-10-6-14(19(27)28-2)15-17(23-10)24-20(25-18(15)26)29-9-12-8-13(21)7-11-4-3-5-22-16(11)12/h3-8H,9H2,1-2H3,(H,23,24,25,26). The number of thioether (sulfide) groups is 1. The molecule has 0 fully saturated rings. The zero-order chi connectivity index (χ0) is 20.5. The van der Waals surface area contributed by atoms with Gasteiger partial charge in [0.15, 0.2) is 10.8 Å². The molecule has 0 radical (unpaired) electrons. The predicted molar refractivity (Wildman–Crippen MR) is 107 cm³/mol. The fourth-order valence-electron chi connectivity index (χ4n) is 3.07. The van der Waals surface area contributed by atoms with Gasteiger partial charge in [0.2, 0.25) is 0 Å². The van der Waals surface area contributed by atoms with E-state index in [-0.39, 0.29) is 22.4 Å². The molecular formula is C20H15FN4O3S. The van der Waals surface area contributed by atoms with Gasteiger partial charge in [-0.15, -0.1) is 0 Å². The lowest BCUT2D eigenvalue weighted by atomic mass is 10.1. The van der Waals surface area contributed by atoms with E-state index >= 15 is 0 Å². The number of methoxy groups -OCH3 is 1. The minimum Gasteiger partial charge on any atom is -0.465 e. The van der Waals surface area contributed by atoms with Gasteiger partial charge in [0.1, 0.15) is 5.82 Å². The Morgan fingerprint density at radius 1 is 1.28 bits per heavy atom. The number of hydrogen-bond donors (Lipinski definition) is 1. The maximum Gasteiger partial charge on any atom is 0.338 e. The quantitative estimate of drug-likeness (QED) is 0.313. The number of aromatic nitrogens is 4. The van der Waals surface area contributed by atoms with E-state index in [0.29, 0.717) is 33.1 Å². The number of carbonyl (C=O) groups is 1. The average molecular weight is 410 g/mol. The number of aryl methyl sites for hydroxylation is 1. The van der Waals surface area contributed by atoms with Gasteiger partial charge >= 0.3 is 5.97 Å². The molecule has 29 heavy (non-hydrogen) atoms. The normalized spacial score (nSPS) is 11.1. The van der Waals surface area contributed by atoms with Crippen LogP contribution in [0.3, 0.4) is 0 Å². The molecule has 9 heteroatoms. The summed E-state index contributed by atoms with van der Waals surface area (Å²) in [6.07, 6.45) is 1.64. The number of H-pyrrole nitrogens is 1. The minimum atomic E-state index is -0.634. The number of esters is 1. The summed E-state index contributed by atoms with van der Waals surface area (Å²) in [5.41, 5.74) is 1.67. The van der Waals surface area contributed by atoms with E-state index in [9.17, 15) is 14.0 Å². The maximum absolute atomic E-state index is 13.9. The third-order valence-electron chi connectivity index (χ3n) is 4.30. The van der Waals surface area contributed by atoms with Crippen LogP contribution in [0.1, 0.15) is 21.6 Å². The zero-order valence-corrected chi connectivity index (χ0v) is 16.3. The minimum absolute atomic E-state index is 0.0738. The molecule has 0 aliphatic carbocycles. The Morgan fingerprint density at radius 3 is 2.90 bits per heavy atom. The lowest BCUT2D eigenvalue weighted by Crippen LogP contribution is -2.16. The van der Waals surface area contributed by atoms with Crippen LogP contribution in [-0.4, -0.2) is 33.0 Å². The second-order valence-corrected chi connectivity index (χ2v) is 7.27. The molecule has 0 atom stereocenters. The number of nitrogens with one attached hydrogen (secondary N) is 1. The molecule has 0 unspecified atom stereocenters. The lowest BCUT2D eigenvalue weighted by molar-refractivity contribution is 0.0602. The van der Waals surface area contributed by atoms with Gasteiger partial charge in [-0.2, -0.15) is 0 Å². The Kier molecular flexibility index (Phi) is 4.98. The van der Waals surface area contributed by atoms with Crippen LogP contribution in [0, 0.1) is 12.7 Å². The number of carbonyl (C=O) groups excluding carboxylic acids is 1. The van der Waals surface area contributed by atoms with Crippen LogP contribution in [0.2, 0.25) is 0 Å². The summed E-state index contributed by atoms with van der Waals surface area (Å²) in [6, 6.07) is 7.86. The Labute approximate surface area is 168 Å². The number of fused-ring (bicyclic) bond motifs is 2. The maximum atomic E-state index is 13.9. The average Bonchev–Trinajstić information content (AvgIpc) is 2.70. The molecule has 7 nitrogen and oxygen atoms in total. The predicted octanol–water partition coefficient (Wildman–Crippen LogP) is 3.39. The molecule has 4 rings (SSSR count). The first kappa shape index (κ1) is 19.0. The third kappa shape index (κ3) is 3.68. The number of rotatable bonds is 4. The smallest absolute Gasteiger partial charge is 0.338 e. The van der Waals surface area contributed by atoms with Gasteiger partial charge in [-0.1, -0.05) is 17.8 Å². The molecule has 1 aromatic carbocycles. The van der Waals surface area contributed by atoms with E-state index in [2.05, 4.69) is 19.9 Å². The first-order chi connectivity index (χ1) is 14.0. The molecule has 0 saturated heterocycles. The van der Waals surface area contributed by atoms with Gasteiger partial charge < -0.3 is 9.72 Å². The number of pyridine rings is 2. The SMILES string of the molecule is COC(=O)c1cc(C)nc2nc(SCc3cc(F)cc4cccnc34)[nH]c(=O)c12. The Balaban J connectivity index is 1.73. The monoisotopic (exact) mass is 410 g/mol. The van der Waals surface area contributed by atoms with Crippen molar-refractivity contribution in [2.24, 2.45) is 0 Å². The summed E-state index contributed by atoms with van der Waals surface area (Å²) in [6.45, 7) is 1.70. The van der Waals surface area contributed by atoms with E-state index in [0.717, 1.165) is 0 Å². The number of aromatic amines is 1. The summed E-state index contributed by atoms with van der Waals surface area (Å²) in [5, 5.41) is 1.08. The van der Waals surface area contributed by atoms with Crippen molar-refractivity contribution < 1.29 is 13.9 Å². The van der Waals surface area contributed by atoms with Crippen LogP contribution in [0.4, 0.5) is 4.39 Å². The van der Waals surface area contributed by atoms with Crippen LogP contribution >= 0.6 is 11.8 Å². The number of halogens is 1. The first-order valence-electron chi connectivity index (χ1n) is 8.62. The van der Waals surface area contributed by atoms with E-state index in [1.165, 1.54) is 37.1 Å². The lowest BCUT2D eigenvalue weighted by Gasteiger charge is -2.08. The molecule has 0 amide bonds. The highest BCUT2D eigenvalue weighted by Crippen LogP contribution is 2.26. The van der Waals surface area contributed by atoms with Crippen LogP contribution in [-0.2, 0) is 10.5 Å². The fourth-order valence-corrected chi connectivity index (χ4v) is 3.90. The van der Waals surface area contributed by atoms with Crippen LogP contribution in [0.25, 0.3) is 21.9 Å². The van der Waals surface area contributed by atoms with Crippen molar-refractivity contribution in [3.63, 3.8) is 0 Å². The summed E-state index contributed by atoms with van der Waals surface area (Å²) in [7, 11) is 1.24. The third-order valence-corrected chi connectivity index (χ3v) is 5.22. The van der Waals surface area contributed by atoms with Crippen molar-refractivity contribution in [1.29, 1.82) is 0 Å². The number of nitrogens with zero attached hydrogens (tertiary/aromatic N) is 3. The van der Waals surface area contributed by atoms with Crippen molar-refractivity contribution in [2.75, 3.05) is 7.11 Å². The Bertz CT molecular complexity index is 1320. The Morgan fingerprint density at radius 2 is 2.10 bits per heavy atom. The molecule has 3 heterocycles. The van der Waals surface area contributed by atoms with Gasteiger partial charge in [0.05, 0.1) is 23.6 Å². The van der Waals surface area contributed by atoms with Gasteiger partial charge in [-0.3, -0.25) is 9.78 Å². The fraction of sp³-hybridized carbons (Fsp3) is 0.150. The highest BCUT2D eigenvalue weighted by atomic mass is 32.2. The largest absolute Gasteiger partial charge is 0.465 e. The van der Waals surface area contributed by atoms with Gasteiger partial charge in [-0.25, -0.2) is 19.2 Å². The summed E-state index contributed by atoms with van der Waals surface area (Å²) >= 11 is 1.22. The molecule has 0 bridgehead atoms. The Hall–Kier alpha value is -3.33. The van der Waals surface area contributed by atoms with Crippen LogP contribution in [0.15, 0.2) is 46.5 Å². The van der Waals surface area contributed by atoms with Gasteiger partial charge in [0, 0.05) is 23.0 Å². The van der Waals surface area contributed by atoms with Crippen LogP contribution < -0.4 is 5.56 Å². The molecule has 0 spiro atoms. The molecule has 3 aromatic heterocycles. The van der Waals surface area contributed by atoms with Gasteiger partial charge in [-0.05, 0) is 36.8 Å². The topological polar surface area (TPSA) is 97.8 Å². The van der Waals surface area contributed by atoms with E-state index in [1.807, 2.05) is 0 Å². The summed E-state index contributed by atoms with van der Waals surface area (Å²) < 4.78 is 18.7. The molecule has 0 aliphatic heterocycles. The molecular weight excluding hydrogens is 395 g/mol. The molecule has 1 N–H and O–H groups in total. The number of benzene rings is 1. The van der Waals surface area contributed by atoms with E-state index in [1.54, 1.807) is 25.3 Å². The highest BCUT2D eigenvalue weighted by Gasteiger charge is 2.17. The van der Waals surface area contributed by atoms with Crippen molar-refractivity contribution in [3.8, 4) is 0 Å². The van der Waals surface area contributed by atoms with E-state index < -0.39 is 11.5 Å². The molecule has 0 aliphatic rings. The summed E-state index contributed by atoms with van der Waals surface area (Å²) in [4.78, 5) is 40.2. The molecule has 0 saturated carbocycles. The molecule has 4 aromatic rings. The summed E-state index contributed by atoms with van der Waals surface area (Å²) in [5.74, 6) is -0.651.